The van der Waals surface area contributed by atoms with Gasteiger partial charge in [0.25, 0.3) is 0 Å². The number of fused-ring (bicyclic) bond motifs is 1. The highest BCUT2D eigenvalue weighted by atomic mass is 35.5. The molecule has 0 amide bonds. The number of aryl methyl sites for hydroxylation is 1. The number of hydrogen-bond acceptors (Lipinski definition) is 5. The number of halogens is 1. The van der Waals surface area contributed by atoms with E-state index >= 15 is 0 Å². The van der Waals surface area contributed by atoms with Crippen LogP contribution in [0.5, 0.6) is 0 Å². The lowest BCUT2D eigenvalue weighted by Gasteiger charge is -2.12. The summed E-state index contributed by atoms with van der Waals surface area (Å²) in [4.78, 5) is 14.1. The van der Waals surface area contributed by atoms with Crippen molar-refractivity contribution in [3.8, 4) is 0 Å². The Morgan fingerprint density at radius 1 is 1.27 bits per heavy atom. The van der Waals surface area contributed by atoms with Gasteiger partial charge in [0.1, 0.15) is 5.52 Å². The van der Waals surface area contributed by atoms with Crippen LogP contribution in [0.25, 0.3) is 11.2 Å². The van der Waals surface area contributed by atoms with Crippen molar-refractivity contribution in [2.24, 2.45) is 7.05 Å². The van der Waals surface area contributed by atoms with Crippen LogP contribution in [0.1, 0.15) is 0 Å². The molecule has 2 rings (SSSR count). The predicted octanol–water partition coefficient (Wildman–Crippen LogP) is 0.665. The minimum Gasteiger partial charge on any atom is -0.369 e. The summed E-state index contributed by atoms with van der Waals surface area (Å²) in [5, 5.41) is 0.171. The number of imidazole rings is 1. The van der Waals surface area contributed by atoms with Gasteiger partial charge in [-0.15, -0.1) is 0 Å². The smallest absolute Gasteiger partial charge is 0.226 e. The van der Waals surface area contributed by atoms with Crippen LogP contribution in [-0.4, -0.2) is 33.6 Å². The highest BCUT2D eigenvalue weighted by molar-refractivity contribution is 6.28. The maximum absolute atomic E-state index is 5.79. The summed E-state index contributed by atoms with van der Waals surface area (Å²) < 4.78 is 1.74. The zero-order valence-electron chi connectivity index (χ0n) is 8.69. The van der Waals surface area contributed by atoms with Crippen LogP contribution < -0.4 is 10.6 Å². The fraction of sp³-hybridized carbons (Fsp3) is 0.375. The maximum Gasteiger partial charge on any atom is 0.226 e. The molecule has 0 unspecified atom stereocenters. The van der Waals surface area contributed by atoms with Crippen LogP contribution in [0.3, 0.4) is 0 Å². The molecule has 6 nitrogen and oxygen atoms in total. The van der Waals surface area contributed by atoms with E-state index in [1.807, 2.05) is 26.0 Å². The molecular formula is C8H11ClN6. The highest BCUT2D eigenvalue weighted by Gasteiger charge is 2.15. The topological polar surface area (TPSA) is 72.9 Å². The first-order valence-corrected chi connectivity index (χ1v) is 4.71. The summed E-state index contributed by atoms with van der Waals surface area (Å²) in [5.41, 5.74) is 6.99. The molecule has 7 heteroatoms. The van der Waals surface area contributed by atoms with Gasteiger partial charge in [-0.3, -0.25) is 0 Å². The average molecular weight is 227 g/mol. The van der Waals surface area contributed by atoms with Gasteiger partial charge >= 0.3 is 0 Å². The van der Waals surface area contributed by atoms with Gasteiger partial charge in [0.15, 0.2) is 11.5 Å². The monoisotopic (exact) mass is 226 g/mol. The van der Waals surface area contributed by atoms with E-state index in [2.05, 4.69) is 15.0 Å². The first kappa shape index (κ1) is 9.97. The fourth-order valence-corrected chi connectivity index (χ4v) is 1.55. The van der Waals surface area contributed by atoms with E-state index in [0.717, 1.165) is 5.52 Å². The van der Waals surface area contributed by atoms with Crippen molar-refractivity contribution in [2.45, 2.75) is 0 Å². The van der Waals surface area contributed by atoms with Gasteiger partial charge in [0, 0.05) is 21.1 Å². The Morgan fingerprint density at radius 2 is 1.93 bits per heavy atom. The third kappa shape index (κ3) is 1.46. The van der Waals surface area contributed by atoms with Gasteiger partial charge in [-0.05, 0) is 11.6 Å². The zero-order valence-corrected chi connectivity index (χ0v) is 9.45. The molecule has 0 saturated heterocycles. The van der Waals surface area contributed by atoms with E-state index in [0.29, 0.717) is 17.4 Å². The molecule has 0 spiro atoms. The molecule has 0 fully saturated rings. The van der Waals surface area contributed by atoms with Crippen molar-refractivity contribution in [3.63, 3.8) is 0 Å². The van der Waals surface area contributed by atoms with E-state index in [4.69, 9.17) is 17.3 Å². The average Bonchev–Trinajstić information content (AvgIpc) is 2.41. The molecule has 15 heavy (non-hydrogen) atoms. The van der Waals surface area contributed by atoms with E-state index in [1.165, 1.54) is 0 Å². The molecule has 0 aromatic carbocycles. The Labute approximate surface area is 91.7 Å². The van der Waals surface area contributed by atoms with Gasteiger partial charge in [-0.1, -0.05) is 0 Å². The van der Waals surface area contributed by atoms with Gasteiger partial charge in [0.2, 0.25) is 11.2 Å². The SMILES string of the molecule is CN(C)c1nc(Cl)nc2nc(N)n(C)c12. The molecule has 0 aliphatic rings. The van der Waals surface area contributed by atoms with E-state index < -0.39 is 0 Å². The van der Waals surface area contributed by atoms with Crippen LogP contribution in [0.15, 0.2) is 0 Å². The lowest BCUT2D eigenvalue weighted by atomic mass is 10.4. The van der Waals surface area contributed by atoms with Crippen LogP contribution in [0.2, 0.25) is 5.28 Å². The number of hydrogen-bond donors (Lipinski definition) is 1. The van der Waals surface area contributed by atoms with E-state index in [9.17, 15) is 0 Å². The molecule has 0 radical (unpaired) electrons. The maximum atomic E-state index is 5.79. The Balaban J connectivity index is 2.88. The van der Waals surface area contributed by atoms with Crippen molar-refractivity contribution in [1.82, 2.24) is 19.5 Å². The van der Waals surface area contributed by atoms with Gasteiger partial charge in [-0.2, -0.15) is 15.0 Å². The number of rotatable bonds is 1. The van der Waals surface area contributed by atoms with Crippen molar-refractivity contribution >= 4 is 34.5 Å². The summed E-state index contributed by atoms with van der Waals surface area (Å²) >= 11 is 5.79. The fourth-order valence-electron chi connectivity index (χ4n) is 1.39. The summed E-state index contributed by atoms with van der Waals surface area (Å²) in [5.74, 6) is 1.10. The molecule has 0 atom stereocenters. The second-order valence-corrected chi connectivity index (χ2v) is 3.75. The number of anilines is 2. The third-order valence-corrected chi connectivity index (χ3v) is 2.31. The van der Waals surface area contributed by atoms with Crippen molar-refractivity contribution in [3.05, 3.63) is 5.28 Å². The summed E-state index contributed by atoms with van der Waals surface area (Å²) in [6.07, 6.45) is 0. The lowest BCUT2D eigenvalue weighted by Crippen LogP contribution is -2.13. The number of nitrogen functional groups attached to an aromatic ring is 1. The first-order valence-electron chi connectivity index (χ1n) is 4.33. The minimum atomic E-state index is 0.171. The quantitative estimate of drug-likeness (QED) is 0.724. The third-order valence-electron chi connectivity index (χ3n) is 2.14. The van der Waals surface area contributed by atoms with Crippen LogP contribution in [-0.2, 0) is 7.05 Å². The van der Waals surface area contributed by atoms with Crippen LogP contribution in [0, 0.1) is 0 Å². The largest absolute Gasteiger partial charge is 0.369 e. The molecule has 0 aliphatic heterocycles. The second-order valence-electron chi connectivity index (χ2n) is 3.41. The number of nitrogens with two attached hydrogens (primary N) is 1. The van der Waals surface area contributed by atoms with Gasteiger partial charge in [-0.25, -0.2) is 0 Å². The van der Waals surface area contributed by atoms with E-state index in [-0.39, 0.29) is 5.28 Å². The van der Waals surface area contributed by atoms with Crippen LogP contribution >= 0.6 is 11.6 Å². The molecule has 0 saturated carbocycles. The minimum absolute atomic E-state index is 0.171. The predicted molar refractivity (Wildman–Crippen MR) is 60.1 cm³/mol. The van der Waals surface area contributed by atoms with Gasteiger partial charge < -0.3 is 15.2 Å². The van der Waals surface area contributed by atoms with Crippen molar-refractivity contribution < 1.29 is 0 Å². The van der Waals surface area contributed by atoms with E-state index in [1.54, 1.807) is 4.57 Å². The molecule has 2 aromatic heterocycles. The molecule has 0 aliphatic carbocycles. The molecule has 80 valence electrons. The van der Waals surface area contributed by atoms with Gasteiger partial charge in [0.05, 0.1) is 0 Å². The highest BCUT2D eigenvalue weighted by Crippen LogP contribution is 2.24. The first-order chi connectivity index (χ1) is 7.00. The Hall–Kier alpha value is -1.56. The number of aromatic nitrogens is 4. The molecule has 0 bridgehead atoms. The Kier molecular flexibility index (Phi) is 2.15. The molecule has 2 N–H and O–H groups in total. The number of nitrogens with zero attached hydrogens (tertiary/aromatic N) is 5. The lowest BCUT2D eigenvalue weighted by molar-refractivity contribution is 0.950. The molecule has 2 heterocycles. The Morgan fingerprint density at radius 3 is 2.53 bits per heavy atom. The molecular weight excluding hydrogens is 216 g/mol. The summed E-state index contributed by atoms with van der Waals surface area (Å²) in [6.45, 7) is 0. The zero-order chi connectivity index (χ0) is 11.2. The normalized spacial score (nSPS) is 10.9. The molecule has 2 aromatic rings. The Bertz CT molecular complexity index is 517. The summed E-state index contributed by atoms with van der Waals surface area (Å²) in [6, 6.07) is 0. The van der Waals surface area contributed by atoms with Crippen molar-refractivity contribution in [1.29, 1.82) is 0 Å². The second kappa shape index (κ2) is 3.23. The standard InChI is InChI=1S/C8H11ClN6/c1-14(2)6-4-5(11-7(9)13-6)12-8(10)15(4)3/h1-3H3,(H2,10,11,12,13). The van der Waals surface area contributed by atoms with Crippen LogP contribution in [0.4, 0.5) is 11.8 Å². The summed E-state index contributed by atoms with van der Waals surface area (Å²) in [7, 11) is 5.57. The van der Waals surface area contributed by atoms with Crippen molar-refractivity contribution in [2.75, 3.05) is 24.7 Å².